The Morgan fingerprint density at radius 1 is 1.08 bits per heavy atom. The zero-order chi connectivity index (χ0) is 36.5. The van der Waals surface area contributed by atoms with Crippen LogP contribution in [0.3, 0.4) is 0 Å². The molecule has 2 heterocycles. The van der Waals surface area contributed by atoms with E-state index in [0.29, 0.717) is 18.9 Å². The maximum absolute atomic E-state index is 14.5. The minimum atomic E-state index is -1.96. The van der Waals surface area contributed by atoms with Crippen LogP contribution in [0.15, 0.2) is 23.7 Å². The maximum Gasteiger partial charge on any atom is 0.404 e. The van der Waals surface area contributed by atoms with Gasteiger partial charge in [0.25, 0.3) is 5.91 Å². The van der Waals surface area contributed by atoms with Gasteiger partial charge in [-0.3, -0.25) is 14.4 Å². The number of aliphatic hydroxyl groups is 1. The second kappa shape index (κ2) is 17.4. The first-order valence-corrected chi connectivity index (χ1v) is 18.5. The molecule has 14 heteroatoms. The summed E-state index contributed by atoms with van der Waals surface area (Å²) >= 11 is 1.54. The lowest BCUT2D eigenvalue weighted by atomic mass is 9.85. The summed E-state index contributed by atoms with van der Waals surface area (Å²) < 4.78 is 20.8. The molecule has 12 nitrogen and oxygen atoms in total. The van der Waals surface area contributed by atoms with E-state index < -0.39 is 53.1 Å². The number of nitrogens with one attached hydrogen (secondary N) is 3. The first kappa shape index (κ1) is 39.0. The number of hydrogen-bond donors (Lipinski definition) is 5. The molecule has 276 valence electrons. The Morgan fingerprint density at radius 3 is 2.38 bits per heavy atom. The van der Waals surface area contributed by atoms with Gasteiger partial charge in [-0.25, -0.2) is 14.2 Å². The van der Waals surface area contributed by atoms with Gasteiger partial charge in [-0.05, 0) is 49.7 Å². The van der Waals surface area contributed by atoms with Gasteiger partial charge >= 0.3 is 6.09 Å². The number of halogens is 1. The van der Waals surface area contributed by atoms with Crippen molar-refractivity contribution >= 4 is 35.2 Å². The number of nitrogens with zero attached hydrogens (tertiary/aromatic N) is 2. The Hall–Kier alpha value is -3.78. The molecule has 0 bridgehead atoms. The fraction of sp³-hybridized carbons (Fsp3) is 0.639. The van der Waals surface area contributed by atoms with Gasteiger partial charge in [0.1, 0.15) is 17.8 Å². The van der Waals surface area contributed by atoms with Crippen molar-refractivity contribution in [2.24, 2.45) is 5.41 Å². The van der Waals surface area contributed by atoms with E-state index in [1.54, 1.807) is 26.3 Å². The molecule has 0 radical (unpaired) electrons. The molecule has 4 amide bonds. The van der Waals surface area contributed by atoms with E-state index in [0.717, 1.165) is 66.6 Å². The first-order valence-electron chi connectivity index (χ1n) is 17.6. The minimum absolute atomic E-state index is 0.0433. The summed E-state index contributed by atoms with van der Waals surface area (Å²) in [7, 11) is 0. The maximum atomic E-state index is 14.5. The Kier molecular flexibility index (Phi) is 13.6. The number of carboxylic acid groups (broad SMARTS) is 1. The molecular weight excluding hydrogens is 665 g/mol. The molecular formula is C36H52FN5O7S. The van der Waals surface area contributed by atoms with Crippen molar-refractivity contribution in [3.8, 4) is 16.2 Å². The van der Waals surface area contributed by atoms with Gasteiger partial charge < -0.3 is 35.8 Å². The molecule has 0 unspecified atom stereocenters. The van der Waals surface area contributed by atoms with Crippen molar-refractivity contribution in [3.05, 3.63) is 35.0 Å². The number of amides is 4. The lowest BCUT2D eigenvalue weighted by Gasteiger charge is -2.35. The van der Waals surface area contributed by atoms with Gasteiger partial charge in [0.05, 0.1) is 28.8 Å². The quantitative estimate of drug-likeness (QED) is 0.133. The molecule has 4 rings (SSSR count). The van der Waals surface area contributed by atoms with Crippen LogP contribution in [0.5, 0.6) is 5.75 Å². The molecule has 0 spiro atoms. The fourth-order valence-electron chi connectivity index (χ4n) is 6.06. The number of carbonyl (C=O) groups is 4. The zero-order valence-electron chi connectivity index (χ0n) is 29.6. The van der Waals surface area contributed by atoms with Crippen molar-refractivity contribution < 1.29 is 38.5 Å². The number of thiazole rings is 1. The number of unbranched alkanes of at least 4 members (excludes halogenated alkanes) is 6. The molecule has 1 aliphatic heterocycles. The average Bonchev–Trinajstić information content (AvgIpc) is 3.47. The number of rotatable bonds is 18. The van der Waals surface area contributed by atoms with E-state index >= 15 is 0 Å². The highest BCUT2D eigenvalue weighted by Crippen LogP contribution is 2.40. The minimum Gasteiger partial charge on any atom is -0.493 e. The summed E-state index contributed by atoms with van der Waals surface area (Å²) in [4.78, 5) is 57.2. The molecule has 5 N–H and O–H groups in total. The van der Waals surface area contributed by atoms with Crippen LogP contribution in [-0.2, 0) is 20.9 Å². The summed E-state index contributed by atoms with van der Waals surface area (Å²) in [6.07, 6.45) is 5.18. The zero-order valence-corrected chi connectivity index (χ0v) is 30.4. The number of likely N-dealkylation sites (tertiary alicyclic amines) is 1. The van der Waals surface area contributed by atoms with Crippen LogP contribution in [0.2, 0.25) is 0 Å². The van der Waals surface area contributed by atoms with Gasteiger partial charge in [-0.1, -0.05) is 65.0 Å². The predicted molar refractivity (Wildman–Crippen MR) is 189 cm³/mol. The van der Waals surface area contributed by atoms with Gasteiger partial charge in [0, 0.05) is 31.6 Å². The number of aliphatic hydroxyl groups excluding tert-OH is 1. The number of ether oxygens (including phenoxy) is 1. The van der Waals surface area contributed by atoms with Crippen molar-refractivity contribution in [3.63, 3.8) is 0 Å². The highest BCUT2D eigenvalue weighted by Gasteiger charge is 2.53. The second-order valence-electron chi connectivity index (χ2n) is 14.5. The molecule has 3 atom stereocenters. The van der Waals surface area contributed by atoms with Gasteiger partial charge in [-0.2, -0.15) is 0 Å². The van der Waals surface area contributed by atoms with Crippen molar-refractivity contribution in [1.29, 1.82) is 0 Å². The summed E-state index contributed by atoms with van der Waals surface area (Å²) in [5.74, 6) is -1.16. The standard InChI is InChI=1S/C36H52FN5O7S/c1-23-29(50-22-40-23)24-12-13-25(28(18-24)49-17-11-9-7-5-6-8-10-16-38-34(47)48)20-39-31(44)27-19-26(43)21-42(27)32(45)30(35(2,3)4)41-33(46)36(37)14-15-36/h12-13,18,22,26-27,30,38,43H,5-11,14-17,19-21H2,1-4H3,(H,39,44)(H,41,46)(H,47,48)/t26-,27+,30-/m1/s1. The number of aromatic nitrogens is 1. The molecule has 1 aromatic heterocycles. The van der Waals surface area contributed by atoms with Crippen LogP contribution in [0.4, 0.5) is 9.18 Å². The van der Waals surface area contributed by atoms with Crippen molar-refractivity contribution in [1.82, 2.24) is 25.8 Å². The van der Waals surface area contributed by atoms with Crippen molar-refractivity contribution in [2.75, 3.05) is 19.7 Å². The lowest BCUT2D eigenvalue weighted by molar-refractivity contribution is -0.145. The molecule has 50 heavy (non-hydrogen) atoms. The number of benzene rings is 1. The van der Waals surface area contributed by atoms with E-state index in [4.69, 9.17) is 9.84 Å². The monoisotopic (exact) mass is 717 g/mol. The summed E-state index contributed by atoms with van der Waals surface area (Å²) in [6, 6.07) is 3.79. The van der Waals surface area contributed by atoms with Crippen LogP contribution >= 0.6 is 11.3 Å². The fourth-order valence-corrected chi connectivity index (χ4v) is 6.86. The number of alkyl halides is 1. The number of β-amino-alcohol motifs (C(OH)–C–C–N with tert-alkyl or cyclic N) is 1. The summed E-state index contributed by atoms with van der Waals surface area (Å²) in [5.41, 5.74) is 1.70. The van der Waals surface area contributed by atoms with Crippen LogP contribution in [0, 0.1) is 12.3 Å². The van der Waals surface area contributed by atoms with Gasteiger partial charge in [0.15, 0.2) is 5.67 Å². The molecule has 2 aliphatic rings. The molecule has 1 aromatic carbocycles. The Labute approximate surface area is 297 Å². The third-order valence-corrected chi connectivity index (χ3v) is 10.2. The van der Waals surface area contributed by atoms with Crippen molar-refractivity contribution in [2.45, 2.75) is 122 Å². The number of hydrogen-bond acceptors (Lipinski definition) is 8. The van der Waals surface area contributed by atoms with E-state index in [-0.39, 0.29) is 32.4 Å². The van der Waals surface area contributed by atoms with Crippen LogP contribution in [0.1, 0.15) is 96.2 Å². The molecule has 2 fully saturated rings. The van der Waals surface area contributed by atoms with E-state index in [2.05, 4.69) is 20.9 Å². The lowest BCUT2D eigenvalue weighted by Crippen LogP contribution is -2.59. The van der Waals surface area contributed by atoms with Crippen LogP contribution < -0.4 is 20.7 Å². The van der Waals surface area contributed by atoms with E-state index in [1.165, 1.54) is 16.2 Å². The van der Waals surface area contributed by atoms with Crippen LogP contribution in [0.25, 0.3) is 10.4 Å². The topological polar surface area (TPSA) is 170 Å². The third-order valence-electron chi connectivity index (χ3n) is 9.23. The van der Waals surface area contributed by atoms with Gasteiger partial charge in [-0.15, -0.1) is 11.3 Å². The normalized spacial score (nSPS) is 18.7. The summed E-state index contributed by atoms with van der Waals surface area (Å²) in [6.45, 7) is 8.27. The molecule has 1 saturated heterocycles. The molecule has 1 aliphatic carbocycles. The highest BCUT2D eigenvalue weighted by atomic mass is 32.1. The van der Waals surface area contributed by atoms with E-state index in [9.17, 15) is 28.7 Å². The smallest absolute Gasteiger partial charge is 0.404 e. The molecule has 1 saturated carbocycles. The average molecular weight is 718 g/mol. The Balaban J connectivity index is 1.36. The largest absolute Gasteiger partial charge is 0.493 e. The second-order valence-corrected chi connectivity index (χ2v) is 15.4. The van der Waals surface area contributed by atoms with Gasteiger partial charge in [0.2, 0.25) is 11.8 Å². The number of carbonyl (C=O) groups excluding carboxylic acids is 3. The molecule has 2 aromatic rings. The van der Waals surface area contributed by atoms with Crippen LogP contribution in [-0.4, -0.2) is 87.5 Å². The predicted octanol–water partition coefficient (Wildman–Crippen LogP) is 5.11. The first-order chi connectivity index (χ1) is 23.7. The Bertz CT molecular complexity index is 1490. The third kappa shape index (κ3) is 10.9. The SMILES string of the molecule is Cc1ncsc1-c1ccc(CNC(=O)[C@@H]2C[C@@H](O)CN2C(=O)[C@@H](NC(=O)C2(F)CC2)C(C)(C)C)c(OCCCCCCCCCNC(=O)O)c1. The number of aryl methyl sites for hydroxylation is 1. The Morgan fingerprint density at radius 2 is 1.76 bits per heavy atom. The van der Waals surface area contributed by atoms with E-state index in [1.807, 2.05) is 25.1 Å². The summed E-state index contributed by atoms with van der Waals surface area (Å²) in [5, 5.41) is 27.1. The highest BCUT2D eigenvalue weighted by molar-refractivity contribution is 7.13.